The number of rotatable bonds is 3. The molecule has 2 aromatic rings. The predicted octanol–water partition coefficient (Wildman–Crippen LogP) is 2.71. The Kier molecular flexibility index (Phi) is 3.58. The zero-order chi connectivity index (χ0) is 15.7. The predicted molar refractivity (Wildman–Crippen MR) is 77.3 cm³/mol. The van der Waals surface area contributed by atoms with Gasteiger partial charge in [-0.3, -0.25) is 9.59 Å². The molecule has 1 aliphatic rings. The van der Waals surface area contributed by atoms with E-state index in [-0.39, 0.29) is 18.0 Å². The van der Waals surface area contributed by atoms with Crippen LogP contribution in [0, 0.1) is 11.6 Å². The van der Waals surface area contributed by atoms with Gasteiger partial charge in [0.15, 0.2) is 11.6 Å². The molecular formula is C16H12F2N2O2. The van der Waals surface area contributed by atoms with Crippen molar-refractivity contribution in [2.24, 2.45) is 0 Å². The number of amides is 2. The van der Waals surface area contributed by atoms with Crippen LogP contribution in [0.15, 0.2) is 48.5 Å². The molecule has 0 aliphatic carbocycles. The average molecular weight is 302 g/mol. The third kappa shape index (κ3) is 2.55. The fourth-order valence-corrected chi connectivity index (χ4v) is 2.38. The van der Waals surface area contributed by atoms with E-state index >= 15 is 0 Å². The van der Waals surface area contributed by atoms with E-state index in [0.717, 1.165) is 17.0 Å². The number of nitrogens with one attached hydrogen (secondary N) is 1. The van der Waals surface area contributed by atoms with Gasteiger partial charge in [0.1, 0.15) is 6.04 Å². The second-order valence-corrected chi connectivity index (χ2v) is 4.93. The van der Waals surface area contributed by atoms with Crippen LogP contribution >= 0.6 is 0 Å². The molecule has 1 aliphatic heterocycles. The molecule has 0 spiro atoms. The summed E-state index contributed by atoms with van der Waals surface area (Å²) >= 11 is 0. The molecule has 3 rings (SSSR count). The molecular weight excluding hydrogens is 290 g/mol. The molecule has 0 radical (unpaired) electrons. The first kappa shape index (κ1) is 14.2. The topological polar surface area (TPSA) is 49.4 Å². The van der Waals surface area contributed by atoms with Gasteiger partial charge in [-0.15, -0.1) is 0 Å². The Morgan fingerprint density at radius 2 is 1.73 bits per heavy atom. The van der Waals surface area contributed by atoms with Crippen molar-refractivity contribution in [1.82, 2.24) is 0 Å². The molecule has 112 valence electrons. The lowest BCUT2D eigenvalue weighted by atomic mass is 10.2. The third-order valence-electron chi connectivity index (χ3n) is 3.42. The first-order valence-corrected chi connectivity index (χ1v) is 6.69. The van der Waals surface area contributed by atoms with Gasteiger partial charge in [0.25, 0.3) is 5.91 Å². The third-order valence-corrected chi connectivity index (χ3v) is 3.42. The van der Waals surface area contributed by atoms with Crippen molar-refractivity contribution in [3.63, 3.8) is 0 Å². The highest BCUT2D eigenvalue weighted by molar-refractivity contribution is 6.23. The molecule has 2 amide bonds. The molecule has 0 saturated carbocycles. The Morgan fingerprint density at radius 3 is 2.41 bits per heavy atom. The minimum Gasteiger partial charge on any atom is -0.373 e. The van der Waals surface area contributed by atoms with Crippen molar-refractivity contribution in [2.75, 3.05) is 10.2 Å². The van der Waals surface area contributed by atoms with Crippen LogP contribution in [0.2, 0.25) is 0 Å². The van der Waals surface area contributed by atoms with Crippen molar-refractivity contribution in [3.8, 4) is 0 Å². The number of para-hydroxylation sites is 1. The zero-order valence-electron chi connectivity index (χ0n) is 11.4. The average Bonchev–Trinajstić information content (AvgIpc) is 2.78. The fraction of sp³-hybridized carbons (Fsp3) is 0.125. The monoisotopic (exact) mass is 302 g/mol. The largest absolute Gasteiger partial charge is 0.373 e. The number of carbonyl (C=O) groups is 2. The molecule has 6 heteroatoms. The smallest absolute Gasteiger partial charge is 0.256 e. The lowest BCUT2D eigenvalue weighted by Crippen LogP contribution is -2.34. The molecule has 1 fully saturated rings. The van der Waals surface area contributed by atoms with Gasteiger partial charge in [-0.05, 0) is 24.3 Å². The molecule has 0 unspecified atom stereocenters. The summed E-state index contributed by atoms with van der Waals surface area (Å²) in [6, 6.07) is 11.0. The van der Waals surface area contributed by atoms with Gasteiger partial charge in [0.05, 0.1) is 12.1 Å². The molecule has 1 atom stereocenters. The van der Waals surface area contributed by atoms with Crippen LogP contribution in [-0.4, -0.2) is 17.9 Å². The van der Waals surface area contributed by atoms with Crippen molar-refractivity contribution >= 4 is 23.2 Å². The van der Waals surface area contributed by atoms with Crippen LogP contribution in [0.25, 0.3) is 0 Å². The van der Waals surface area contributed by atoms with Gasteiger partial charge in [0.2, 0.25) is 5.91 Å². The molecule has 1 heterocycles. The summed E-state index contributed by atoms with van der Waals surface area (Å²) in [4.78, 5) is 25.5. The van der Waals surface area contributed by atoms with Crippen molar-refractivity contribution < 1.29 is 18.4 Å². The maximum absolute atomic E-state index is 13.2. The maximum atomic E-state index is 13.2. The number of imide groups is 1. The van der Waals surface area contributed by atoms with Gasteiger partial charge in [-0.25, -0.2) is 13.7 Å². The lowest BCUT2D eigenvalue weighted by Gasteiger charge is -2.16. The molecule has 4 nitrogen and oxygen atoms in total. The normalized spacial score (nSPS) is 17.9. The summed E-state index contributed by atoms with van der Waals surface area (Å²) < 4.78 is 26.1. The molecule has 0 bridgehead atoms. The van der Waals surface area contributed by atoms with E-state index in [2.05, 4.69) is 5.32 Å². The number of hydrogen-bond acceptors (Lipinski definition) is 3. The summed E-state index contributed by atoms with van der Waals surface area (Å²) in [5.74, 6) is -2.73. The van der Waals surface area contributed by atoms with Crippen molar-refractivity contribution in [3.05, 3.63) is 60.2 Å². The van der Waals surface area contributed by atoms with E-state index in [1.54, 1.807) is 30.3 Å². The maximum Gasteiger partial charge on any atom is 0.256 e. The SMILES string of the molecule is O=C1C[C@@H](Nc2ccc(F)c(F)c2)C(=O)N1c1ccccc1. The minimum atomic E-state index is -1.01. The van der Waals surface area contributed by atoms with Crippen molar-refractivity contribution in [2.45, 2.75) is 12.5 Å². The summed E-state index contributed by atoms with van der Waals surface area (Å²) in [6.45, 7) is 0. The van der Waals surface area contributed by atoms with Crippen molar-refractivity contribution in [1.29, 1.82) is 0 Å². The minimum absolute atomic E-state index is 0.0350. The second-order valence-electron chi connectivity index (χ2n) is 4.93. The van der Waals surface area contributed by atoms with Crippen LogP contribution in [-0.2, 0) is 9.59 Å². The molecule has 2 aromatic carbocycles. The molecule has 0 aromatic heterocycles. The van der Waals surface area contributed by atoms with Gasteiger partial charge in [0, 0.05) is 11.8 Å². The van der Waals surface area contributed by atoms with Crippen LogP contribution in [0.3, 0.4) is 0 Å². The zero-order valence-corrected chi connectivity index (χ0v) is 11.4. The van der Waals surface area contributed by atoms with Gasteiger partial charge >= 0.3 is 0 Å². The first-order chi connectivity index (χ1) is 10.6. The van der Waals surface area contributed by atoms with E-state index in [4.69, 9.17) is 0 Å². The Bertz CT molecular complexity index is 734. The Hall–Kier alpha value is -2.76. The van der Waals surface area contributed by atoms with Gasteiger partial charge in [-0.1, -0.05) is 18.2 Å². The van der Waals surface area contributed by atoms with E-state index < -0.39 is 23.6 Å². The first-order valence-electron chi connectivity index (χ1n) is 6.69. The Morgan fingerprint density at radius 1 is 1.00 bits per heavy atom. The second kappa shape index (κ2) is 5.55. The summed E-state index contributed by atoms with van der Waals surface area (Å²) in [5.41, 5.74) is 0.743. The highest BCUT2D eigenvalue weighted by Gasteiger charge is 2.39. The number of carbonyl (C=O) groups excluding carboxylic acids is 2. The highest BCUT2D eigenvalue weighted by atomic mass is 19.2. The Labute approximate surface area is 125 Å². The van der Waals surface area contributed by atoms with E-state index in [9.17, 15) is 18.4 Å². The van der Waals surface area contributed by atoms with Crippen LogP contribution in [0.4, 0.5) is 20.2 Å². The molecule has 22 heavy (non-hydrogen) atoms. The highest BCUT2D eigenvalue weighted by Crippen LogP contribution is 2.25. The van der Waals surface area contributed by atoms with Gasteiger partial charge < -0.3 is 5.32 Å². The number of hydrogen-bond donors (Lipinski definition) is 1. The fourth-order valence-electron chi connectivity index (χ4n) is 2.38. The summed E-state index contributed by atoms with van der Waals surface area (Å²) in [7, 11) is 0. The lowest BCUT2D eigenvalue weighted by molar-refractivity contribution is -0.121. The van der Waals surface area contributed by atoms with Crippen LogP contribution < -0.4 is 10.2 Å². The number of benzene rings is 2. The summed E-state index contributed by atoms with van der Waals surface area (Å²) in [6.07, 6.45) is -0.0350. The van der Waals surface area contributed by atoms with Gasteiger partial charge in [-0.2, -0.15) is 0 Å². The standard InChI is InChI=1S/C16H12F2N2O2/c17-12-7-6-10(8-13(12)18)19-14-9-15(21)20(16(14)22)11-4-2-1-3-5-11/h1-8,14,19H,9H2/t14-/m1/s1. The quantitative estimate of drug-likeness (QED) is 0.887. The summed E-state index contributed by atoms with van der Waals surface area (Å²) in [5, 5.41) is 2.77. The Balaban J connectivity index is 1.80. The number of nitrogens with zero attached hydrogens (tertiary/aromatic N) is 1. The molecule has 1 N–H and O–H groups in total. The van der Waals surface area contributed by atoms with Crippen LogP contribution in [0.1, 0.15) is 6.42 Å². The van der Waals surface area contributed by atoms with Crippen LogP contribution in [0.5, 0.6) is 0 Å². The van der Waals surface area contributed by atoms with E-state index in [1.165, 1.54) is 6.07 Å². The van der Waals surface area contributed by atoms with E-state index in [1.807, 2.05) is 0 Å². The number of anilines is 2. The number of halogens is 2. The molecule has 1 saturated heterocycles. The van der Waals surface area contributed by atoms with E-state index in [0.29, 0.717) is 5.69 Å².